The van der Waals surface area contributed by atoms with Crippen molar-refractivity contribution >= 4 is 6.16 Å². The van der Waals surface area contributed by atoms with Gasteiger partial charge in [-0.1, -0.05) is 111 Å². The third-order valence-corrected chi connectivity index (χ3v) is 6.41. The van der Waals surface area contributed by atoms with E-state index in [1.165, 1.54) is 77.0 Å². The Labute approximate surface area is 201 Å². The average molecular weight is 453 g/mol. The van der Waals surface area contributed by atoms with Crippen molar-refractivity contribution in [3.63, 3.8) is 0 Å². The summed E-state index contributed by atoms with van der Waals surface area (Å²) in [5, 5.41) is 0. The van der Waals surface area contributed by atoms with Crippen LogP contribution >= 0.6 is 0 Å². The Morgan fingerprint density at radius 2 is 1.25 bits per heavy atom. The summed E-state index contributed by atoms with van der Waals surface area (Å²) in [6.45, 7) is 11.4. The van der Waals surface area contributed by atoms with Gasteiger partial charge in [-0.05, 0) is 56.8 Å². The largest absolute Gasteiger partial charge is 0.508 e. The van der Waals surface area contributed by atoms with Crippen LogP contribution in [-0.4, -0.2) is 18.9 Å². The van der Waals surface area contributed by atoms with E-state index < -0.39 is 6.16 Å². The van der Waals surface area contributed by atoms with E-state index in [9.17, 15) is 4.79 Å². The molecule has 0 aliphatic heterocycles. The molecule has 0 saturated heterocycles. The van der Waals surface area contributed by atoms with Crippen LogP contribution in [0, 0.1) is 11.8 Å². The number of carbonyl (C=O) groups excluding carboxylic acids is 1. The third kappa shape index (κ3) is 18.6. The molecule has 3 nitrogen and oxygen atoms in total. The van der Waals surface area contributed by atoms with Crippen molar-refractivity contribution in [1.29, 1.82) is 0 Å². The van der Waals surface area contributed by atoms with Crippen LogP contribution in [0.3, 0.4) is 0 Å². The molecule has 0 N–H and O–H groups in total. The minimum absolute atomic E-state index is 0.0349. The molecule has 0 aromatic rings. The molecule has 2 unspecified atom stereocenters. The van der Waals surface area contributed by atoms with E-state index in [2.05, 4.69) is 46.8 Å². The van der Waals surface area contributed by atoms with E-state index in [-0.39, 0.29) is 6.10 Å². The lowest BCUT2D eigenvalue weighted by Crippen LogP contribution is -2.32. The molecule has 0 radical (unpaired) electrons. The highest BCUT2D eigenvalue weighted by atomic mass is 16.7. The fraction of sp³-hybridized carbons (Fsp3) is 0.897. The highest BCUT2D eigenvalue weighted by Crippen LogP contribution is 2.25. The van der Waals surface area contributed by atoms with E-state index in [0.717, 1.165) is 32.1 Å². The summed E-state index contributed by atoms with van der Waals surface area (Å²) in [6, 6.07) is 0. The van der Waals surface area contributed by atoms with Gasteiger partial charge in [0.2, 0.25) is 0 Å². The molecule has 0 aliphatic rings. The minimum Gasteiger partial charge on any atom is -0.434 e. The Balaban J connectivity index is 3.59. The Hall–Kier alpha value is -0.990. The Morgan fingerprint density at radius 3 is 1.75 bits per heavy atom. The molecule has 3 heteroatoms. The van der Waals surface area contributed by atoms with Gasteiger partial charge in [-0.15, -0.1) is 0 Å². The Kier molecular flexibility index (Phi) is 22.5. The monoisotopic (exact) mass is 452 g/mol. The molecular formula is C29H56O3. The van der Waals surface area contributed by atoms with Gasteiger partial charge in [0, 0.05) is 0 Å². The predicted octanol–water partition coefficient (Wildman–Crippen LogP) is 10.0. The van der Waals surface area contributed by atoms with E-state index >= 15 is 0 Å². The number of rotatable bonds is 22. The SMILES string of the molecule is CCCCCCCC/C=C\CCCCCCCCOC(=O)OC(C(C)C)C(CC)CCC. The lowest BCUT2D eigenvalue weighted by Gasteiger charge is -2.28. The van der Waals surface area contributed by atoms with Gasteiger partial charge in [-0.2, -0.15) is 0 Å². The van der Waals surface area contributed by atoms with Crippen molar-refractivity contribution in [2.75, 3.05) is 6.61 Å². The second kappa shape index (κ2) is 23.2. The molecule has 0 aliphatic carbocycles. The maximum absolute atomic E-state index is 12.1. The van der Waals surface area contributed by atoms with Gasteiger partial charge in [-0.3, -0.25) is 0 Å². The zero-order chi connectivity index (χ0) is 23.9. The van der Waals surface area contributed by atoms with Crippen molar-refractivity contribution in [3.8, 4) is 0 Å². The van der Waals surface area contributed by atoms with Crippen LogP contribution in [0.5, 0.6) is 0 Å². The molecule has 0 aromatic heterocycles. The first kappa shape index (κ1) is 31.0. The van der Waals surface area contributed by atoms with Crippen LogP contribution in [0.2, 0.25) is 0 Å². The fourth-order valence-corrected chi connectivity index (χ4v) is 4.40. The molecular weight excluding hydrogens is 396 g/mol. The van der Waals surface area contributed by atoms with Crippen LogP contribution < -0.4 is 0 Å². The first-order valence-electron chi connectivity index (χ1n) is 14.0. The smallest absolute Gasteiger partial charge is 0.434 e. The average Bonchev–Trinajstić information content (AvgIpc) is 2.78. The summed E-state index contributed by atoms with van der Waals surface area (Å²) in [5.41, 5.74) is 0. The first-order valence-corrected chi connectivity index (χ1v) is 14.0. The molecule has 0 amide bonds. The second-order valence-corrected chi connectivity index (χ2v) is 9.82. The van der Waals surface area contributed by atoms with Gasteiger partial charge in [0.15, 0.2) is 0 Å². The number of allylic oxidation sites excluding steroid dienone is 2. The van der Waals surface area contributed by atoms with Crippen LogP contribution in [0.15, 0.2) is 12.2 Å². The topological polar surface area (TPSA) is 35.5 Å². The molecule has 0 saturated carbocycles. The highest BCUT2D eigenvalue weighted by molar-refractivity contribution is 5.60. The quantitative estimate of drug-likeness (QED) is 0.0930. The number of hydrogen-bond donors (Lipinski definition) is 0. The van der Waals surface area contributed by atoms with E-state index in [0.29, 0.717) is 18.4 Å². The fourth-order valence-electron chi connectivity index (χ4n) is 4.40. The van der Waals surface area contributed by atoms with Crippen LogP contribution in [0.25, 0.3) is 0 Å². The van der Waals surface area contributed by atoms with E-state index in [4.69, 9.17) is 9.47 Å². The van der Waals surface area contributed by atoms with Crippen LogP contribution in [-0.2, 0) is 9.47 Å². The number of unbranched alkanes of at least 4 members (excludes halogenated alkanes) is 12. The van der Waals surface area contributed by atoms with Gasteiger partial charge in [0.1, 0.15) is 6.10 Å². The number of carbonyl (C=O) groups is 1. The van der Waals surface area contributed by atoms with Crippen LogP contribution in [0.4, 0.5) is 4.79 Å². The predicted molar refractivity (Wildman–Crippen MR) is 139 cm³/mol. The summed E-state index contributed by atoms with van der Waals surface area (Å²) < 4.78 is 11.0. The molecule has 0 fully saturated rings. The summed E-state index contributed by atoms with van der Waals surface area (Å²) >= 11 is 0. The maximum Gasteiger partial charge on any atom is 0.508 e. The third-order valence-electron chi connectivity index (χ3n) is 6.41. The van der Waals surface area contributed by atoms with Gasteiger partial charge >= 0.3 is 6.16 Å². The first-order chi connectivity index (χ1) is 15.6. The number of ether oxygens (including phenoxy) is 2. The molecule has 0 spiro atoms. The lowest BCUT2D eigenvalue weighted by atomic mass is 9.88. The van der Waals surface area contributed by atoms with Gasteiger partial charge in [0.25, 0.3) is 0 Å². The second-order valence-electron chi connectivity index (χ2n) is 9.82. The molecule has 0 rings (SSSR count). The zero-order valence-corrected chi connectivity index (χ0v) is 22.3. The van der Waals surface area contributed by atoms with Crippen molar-refractivity contribution in [2.24, 2.45) is 11.8 Å². The van der Waals surface area contributed by atoms with Crippen molar-refractivity contribution in [2.45, 2.75) is 150 Å². The van der Waals surface area contributed by atoms with Crippen molar-refractivity contribution < 1.29 is 14.3 Å². The van der Waals surface area contributed by atoms with Crippen molar-refractivity contribution in [3.05, 3.63) is 12.2 Å². The Morgan fingerprint density at radius 1 is 0.719 bits per heavy atom. The van der Waals surface area contributed by atoms with Gasteiger partial charge in [-0.25, -0.2) is 4.79 Å². The zero-order valence-electron chi connectivity index (χ0n) is 22.3. The summed E-state index contributed by atoms with van der Waals surface area (Å²) in [6.07, 6.45) is 25.4. The lowest BCUT2D eigenvalue weighted by molar-refractivity contribution is -0.0201. The molecule has 0 heterocycles. The summed E-state index contributed by atoms with van der Waals surface area (Å²) in [4.78, 5) is 12.1. The molecule has 0 aromatic carbocycles. The maximum atomic E-state index is 12.1. The van der Waals surface area contributed by atoms with Crippen LogP contribution in [0.1, 0.15) is 144 Å². The normalized spacial score (nSPS) is 13.6. The molecule has 32 heavy (non-hydrogen) atoms. The highest BCUT2D eigenvalue weighted by Gasteiger charge is 2.27. The van der Waals surface area contributed by atoms with Crippen molar-refractivity contribution in [1.82, 2.24) is 0 Å². The minimum atomic E-state index is -0.481. The number of hydrogen-bond acceptors (Lipinski definition) is 3. The Bertz CT molecular complexity index is 430. The molecule has 2 atom stereocenters. The van der Waals surface area contributed by atoms with E-state index in [1.54, 1.807) is 0 Å². The standard InChI is InChI=1S/C29H56O3/c1-6-9-10-11-12-13-14-15-16-17-18-19-20-21-22-23-25-31-29(30)32-28(26(4)5)27(8-3)24-7-2/h15-16,26-28H,6-14,17-25H2,1-5H3/b16-15-. The summed E-state index contributed by atoms with van der Waals surface area (Å²) in [7, 11) is 0. The summed E-state index contributed by atoms with van der Waals surface area (Å²) in [5.74, 6) is 0.752. The molecule has 190 valence electrons. The van der Waals surface area contributed by atoms with Gasteiger partial charge < -0.3 is 9.47 Å². The van der Waals surface area contributed by atoms with Gasteiger partial charge in [0.05, 0.1) is 6.61 Å². The van der Waals surface area contributed by atoms with E-state index in [1.807, 2.05) is 0 Å². The molecule has 0 bridgehead atoms.